The summed E-state index contributed by atoms with van der Waals surface area (Å²) >= 11 is 1.34. The third-order valence-electron chi connectivity index (χ3n) is 3.71. The Morgan fingerprint density at radius 1 is 1.08 bits per heavy atom. The van der Waals surface area contributed by atoms with Gasteiger partial charge in [-0.1, -0.05) is 36.4 Å². The third kappa shape index (κ3) is 3.28. The highest BCUT2D eigenvalue weighted by molar-refractivity contribution is 7.20. The molecular formula is C18H14F3NOS. The van der Waals surface area contributed by atoms with Gasteiger partial charge in [-0.3, -0.25) is 4.79 Å². The molecule has 0 saturated carbocycles. The van der Waals surface area contributed by atoms with Crippen LogP contribution in [0.4, 0.5) is 13.2 Å². The third-order valence-corrected chi connectivity index (χ3v) is 4.82. The summed E-state index contributed by atoms with van der Waals surface area (Å²) in [7, 11) is 1.51. The van der Waals surface area contributed by atoms with Crippen molar-refractivity contribution in [1.82, 2.24) is 4.90 Å². The summed E-state index contributed by atoms with van der Waals surface area (Å²) in [6, 6.07) is 14.7. The highest BCUT2D eigenvalue weighted by Crippen LogP contribution is 2.33. The predicted octanol–water partition coefficient (Wildman–Crippen LogP) is 5.19. The number of fused-ring (bicyclic) bond motifs is 1. The van der Waals surface area contributed by atoms with Gasteiger partial charge in [-0.05, 0) is 29.1 Å². The summed E-state index contributed by atoms with van der Waals surface area (Å²) in [6.45, 7) is -0.0945. The summed E-state index contributed by atoms with van der Waals surface area (Å²) in [5.41, 5.74) is -0.622. The Kier molecular flexibility index (Phi) is 4.32. The number of carbonyl (C=O) groups is 1. The topological polar surface area (TPSA) is 20.3 Å². The Labute approximate surface area is 141 Å². The molecule has 6 heteroatoms. The van der Waals surface area contributed by atoms with E-state index < -0.39 is 11.7 Å². The molecule has 2 aromatic carbocycles. The Balaban J connectivity index is 1.85. The lowest BCUT2D eigenvalue weighted by molar-refractivity contribution is -0.138. The molecule has 0 fully saturated rings. The van der Waals surface area contributed by atoms with Crippen molar-refractivity contribution in [1.29, 1.82) is 0 Å². The van der Waals surface area contributed by atoms with Gasteiger partial charge in [0.15, 0.2) is 0 Å². The molecule has 0 unspecified atom stereocenters. The summed E-state index contributed by atoms with van der Waals surface area (Å²) in [5, 5.41) is 0.954. The van der Waals surface area contributed by atoms with Crippen molar-refractivity contribution in [2.75, 3.05) is 7.05 Å². The Morgan fingerprint density at radius 2 is 1.75 bits per heavy atom. The second-order valence-electron chi connectivity index (χ2n) is 5.46. The molecule has 124 valence electrons. The monoisotopic (exact) mass is 349 g/mol. The summed E-state index contributed by atoms with van der Waals surface area (Å²) < 4.78 is 40.2. The quantitative estimate of drug-likeness (QED) is 0.637. The van der Waals surface area contributed by atoms with E-state index in [1.165, 1.54) is 35.4 Å². The van der Waals surface area contributed by atoms with Gasteiger partial charge in [0.1, 0.15) is 0 Å². The van der Waals surface area contributed by atoms with Crippen LogP contribution in [0.25, 0.3) is 10.1 Å². The number of carbonyl (C=O) groups excluding carboxylic acids is 1. The molecule has 1 aromatic heterocycles. The number of nitrogens with zero attached hydrogens (tertiary/aromatic N) is 1. The van der Waals surface area contributed by atoms with Gasteiger partial charge in [0.2, 0.25) is 0 Å². The average molecular weight is 349 g/mol. The van der Waals surface area contributed by atoms with Crippen LogP contribution in [0.2, 0.25) is 0 Å². The van der Waals surface area contributed by atoms with Crippen LogP contribution in [0.1, 0.15) is 20.8 Å². The minimum absolute atomic E-state index is 0.0851. The standard InChI is InChI=1S/C18H14F3NOS/c1-22(11-13-7-2-4-8-14(13)18(19,20)21)17(23)16-10-12-6-3-5-9-15(12)24-16/h2-10H,11H2,1H3. The molecule has 0 saturated heterocycles. The molecule has 0 atom stereocenters. The number of halogens is 3. The van der Waals surface area contributed by atoms with Crippen molar-refractivity contribution in [2.24, 2.45) is 0 Å². The van der Waals surface area contributed by atoms with E-state index in [4.69, 9.17) is 0 Å². The first kappa shape index (κ1) is 16.5. The summed E-state index contributed by atoms with van der Waals surface area (Å²) in [5.74, 6) is -0.284. The first-order chi connectivity index (χ1) is 11.4. The summed E-state index contributed by atoms with van der Waals surface area (Å²) in [6.07, 6.45) is -4.43. The highest BCUT2D eigenvalue weighted by atomic mass is 32.1. The Morgan fingerprint density at radius 3 is 2.46 bits per heavy atom. The molecule has 0 aliphatic carbocycles. The minimum atomic E-state index is -4.43. The van der Waals surface area contributed by atoms with E-state index in [9.17, 15) is 18.0 Å². The molecule has 24 heavy (non-hydrogen) atoms. The Bertz CT molecular complexity index is 852. The number of thiophene rings is 1. The minimum Gasteiger partial charge on any atom is -0.337 e. The molecule has 0 N–H and O–H groups in total. The molecule has 0 radical (unpaired) electrons. The molecule has 1 amide bonds. The van der Waals surface area contributed by atoms with Crippen molar-refractivity contribution in [3.8, 4) is 0 Å². The van der Waals surface area contributed by atoms with Gasteiger partial charge in [0.05, 0.1) is 10.4 Å². The molecule has 0 aliphatic heterocycles. The predicted molar refractivity (Wildman–Crippen MR) is 89.1 cm³/mol. The van der Waals surface area contributed by atoms with Gasteiger partial charge in [0.25, 0.3) is 5.91 Å². The van der Waals surface area contributed by atoms with Crippen molar-refractivity contribution in [3.63, 3.8) is 0 Å². The van der Waals surface area contributed by atoms with E-state index in [1.54, 1.807) is 12.1 Å². The normalized spacial score (nSPS) is 11.7. The molecule has 0 bridgehead atoms. The second kappa shape index (κ2) is 6.28. The number of hydrogen-bond donors (Lipinski definition) is 0. The van der Waals surface area contributed by atoms with E-state index in [-0.39, 0.29) is 18.0 Å². The van der Waals surface area contributed by atoms with Crippen LogP contribution < -0.4 is 0 Å². The fourth-order valence-electron chi connectivity index (χ4n) is 2.54. The zero-order valence-corrected chi connectivity index (χ0v) is 13.6. The van der Waals surface area contributed by atoms with Gasteiger partial charge in [-0.2, -0.15) is 13.2 Å². The molecule has 3 aromatic rings. The zero-order valence-electron chi connectivity index (χ0n) is 12.8. The van der Waals surface area contributed by atoms with Crippen LogP contribution in [0.5, 0.6) is 0 Å². The molecule has 3 rings (SSSR count). The van der Waals surface area contributed by atoms with Crippen molar-refractivity contribution < 1.29 is 18.0 Å². The fraction of sp³-hybridized carbons (Fsp3) is 0.167. The van der Waals surface area contributed by atoms with Gasteiger partial charge in [-0.15, -0.1) is 11.3 Å². The Hall–Kier alpha value is -2.34. The van der Waals surface area contributed by atoms with E-state index in [0.29, 0.717) is 4.88 Å². The number of amides is 1. The number of benzene rings is 2. The lowest BCUT2D eigenvalue weighted by Gasteiger charge is -2.19. The fourth-order valence-corrected chi connectivity index (χ4v) is 3.59. The molecular weight excluding hydrogens is 335 g/mol. The van der Waals surface area contributed by atoms with Gasteiger partial charge in [-0.25, -0.2) is 0 Å². The van der Waals surface area contributed by atoms with Crippen LogP contribution in [0, 0.1) is 0 Å². The number of alkyl halides is 3. The molecule has 0 spiro atoms. The smallest absolute Gasteiger partial charge is 0.337 e. The summed E-state index contributed by atoms with van der Waals surface area (Å²) in [4.78, 5) is 14.4. The van der Waals surface area contributed by atoms with Gasteiger partial charge in [0, 0.05) is 18.3 Å². The van der Waals surface area contributed by atoms with Crippen molar-refractivity contribution in [3.05, 3.63) is 70.6 Å². The first-order valence-electron chi connectivity index (χ1n) is 7.25. The molecule has 1 heterocycles. The van der Waals surface area contributed by atoms with Crippen LogP contribution >= 0.6 is 11.3 Å². The number of rotatable bonds is 3. The van der Waals surface area contributed by atoms with Crippen molar-refractivity contribution in [2.45, 2.75) is 12.7 Å². The average Bonchev–Trinajstić information content (AvgIpc) is 2.97. The zero-order chi connectivity index (χ0) is 17.3. The first-order valence-corrected chi connectivity index (χ1v) is 8.07. The maximum Gasteiger partial charge on any atom is 0.416 e. The maximum absolute atomic E-state index is 13.1. The second-order valence-corrected chi connectivity index (χ2v) is 6.55. The van der Waals surface area contributed by atoms with Gasteiger partial charge < -0.3 is 4.90 Å². The van der Waals surface area contributed by atoms with Crippen LogP contribution in [0.15, 0.2) is 54.6 Å². The maximum atomic E-state index is 13.1. The van der Waals surface area contributed by atoms with E-state index >= 15 is 0 Å². The highest BCUT2D eigenvalue weighted by Gasteiger charge is 2.33. The molecule has 2 nitrogen and oxygen atoms in total. The van der Waals surface area contributed by atoms with E-state index in [1.807, 2.05) is 24.3 Å². The number of hydrogen-bond acceptors (Lipinski definition) is 2. The van der Waals surface area contributed by atoms with Crippen molar-refractivity contribution >= 4 is 27.3 Å². The lowest BCUT2D eigenvalue weighted by atomic mass is 10.1. The van der Waals surface area contributed by atoms with E-state index in [0.717, 1.165) is 16.2 Å². The van der Waals surface area contributed by atoms with Crippen LogP contribution in [-0.4, -0.2) is 17.9 Å². The lowest BCUT2D eigenvalue weighted by Crippen LogP contribution is -2.26. The van der Waals surface area contributed by atoms with Crippen LogP contribution in [-0.2, 0) is 12.7 Å². The largest absolute Gasteiger partial charge is 0.416 e. The van der Waals surface area contributed by atoms with E-state index in [2.05, 4.69) is 0 Å². The van der Waals surface area contributed by atoms with Crippen LogP contribution in [0.3, 0.4) is 0 Å². The van der Waals surface area contributed by atoms with Gasteiger partial charge >= 0.3 is 6.18 Å². The SMILES string of the molecule is CN(Cc1ccccc1C(F)(F)F)C(=O)c1cc2ccccc2s1. The molecule has 0 aliphatic rings.